The van der Waals surface area contributed by atoms with Crippen molar-refractivity contribution in [3.63, 3.8) is 0 Å². The third-order valence-electron chi connectivity index (χ3n) is 3.27. The zero-order valence-electron chi connectivity index (χ0n) is 8.82. The molecule has 0 spiro atoms. The lowest BCUT2D eigenvalue weighted by Crippen LogP contribution is -2.42. The molecule has 4 heteroatoms. The van der Waals surface area contributed by atoms with Crippen LogP contribution in [0.5, 0.6) is 0 Å². The molecule has 4 nitrogen and oxygen atoms in total. The van der Waals surface area contributed by atoms with Crippen LogP contribution >= 0.6 is 0 Å². The molecule has 2 fully saturated rings. The minimum atomic E-state index is -0.900. The Morgan fingerprint density at radius 2 is 1.87 bits per heavy atom. The fraction of sp³-hybridized carbons (Fsp3) is 0.818. The average molecular weight is 211 g/mol. The lowest BCUT2D eigenvalue weighted by molar-refractivity contribution is -0.147. The van der Waals surface area contributed by atoms with E-state index in [1.165, 1.54) is 0 Å². The van der Waals surface area contributed by atoms with Crippen LogP contribution in [0.15, 0.2) is 0 Å². The molecule has 15 heavy (non-hydrogen) atoms. The maximum atomic E-state index is 11.9. The summed E-state index contributed by atoms with van der Waals surface area (Å²) in [5, 5.41) is 8.74. The Kier molecular flexibility index (Phi) is 2.93. The van der Waals surface area contributed by atoms with Crippen molar-refractivity contribution < 1.29 is 14.7 Å². The first-order valence-corrected chi connectivity index (χ1v) is 5.67. The molecule has 0 aromatic rings. The number of carbonyl (C=O) groups excluding carboxylic acids is 1. The summed E-state index contributed by atoms with van der Waals surface area (Å²) in [6.45, 7) is 0.535. The van der Waals surface area contributed by atoms with E-state index in [9.17, 15) is 9.59 Å². The van der Waals surface area contributed by atoms with Gasteiger partial charge in [0.25, 0.3) is 0 Å². The summed E-state index contributed by atoms with van der Waals surface area (Å²) in [6, 6.07) is 0. The van der Waals surface area contributed by atoms with Crippen LogP contribution in [0, 0.1) is 11.8 Å². The van der Waals surface area contributed by atoms with Gasteiger partial charge < -0.3 is 10.0 Å². The molecule has 0 heterocycles. The molecule has 0 aromatic carbocycles. The second kappa shape index (κ2) is 4.21. The van der Waals surface area contributed by atoms with Gasteiger partial charge in [0.05, 0.1) is 0 Å². The first kappa shape index (κ1) is 10.5. The Morgan fingerprint density at radius 1 is 1.20 bits per heavy atom. The molecule has 0 unspecified atom stereocenters. The van der Waals surface area contributed by atoms with Crippen LogP contribution in [0.4, 0.5) is 0 Å². The SMILES string of the molecule is O=C(O)CN(CC1CC1)C(=O)C1CCC1. The van der Waals surface area contributed by atoms with Crippen molar-refractivity contribution in [3.05, 3.63) is 0 Å². The minimum absolute atomic E-state index is 0.0653. The van der Waals surface area contributed by atoms with Gasteiger partial charge in [-0.1, -0.05) is 6.42 Å². The lowest BCUT2D eigenvalue weighted by Gasteiger charge is -2.30. The second-order valence-corrected chi connectivity index (χ2v) is 4.68. The van der Waals surface area contributed by atoms with Crippen molar-refractivity contribution in [1.82, 2.24) is 4.90 Å². The van der Waals surface area contributed by atoms with Crippen LogP contribution in [-0.2, 0) is 9.59 Å². The van der Waals surface area contributed by atoms with E-state index in [0.717, 1.165) is 32.1 Å². The standard InChI is InChI=1S/C11H17NO3/c13-10(14)7-12(6-8-4-5-8)11(15)9-2-1-3-9/h8-9H,1-7H2,(H,13,14). The number of carbonyl (C=O) groups is 2. The molecule has 1 N–H and O–H groups in total. The first-order valence-electron chi connectivity index (χ1n) is 5.67. The number of hydrogen-bond acceptors (Lipinski definition) is 2. The van der Waals surface area contributed by atoms with Crippen LogP contribution in [-0.4, -0.2) is 35.0 Å². The van der Waals surface area contributed by atoms with E-state index in [0.29, 0.717) is 12.5 Å². The fourth-order valence-electron chi connectivity index (χ4n) is 1.92. The Labute approximate surface area is 89.3 Å². The van der Waals surface area contributed by atoms with Gasteiger partial charge in [0, 0.05) is 12.5 Å². The number of carboxylic acids is 1. The second-order valence-electron chi connectivity index (χ2n) is 4.68. The molecule has 2 aliphatic rings. The number of rotatable bonds is 5. The maximum Gasteiger partial charge on any atom is 0.323 e. The van der Waals surface area contributed by atoms with Crippen LogP contribution in [0.3, 0.4) is 0 Å². The third kappa shape index (κ3) is 2.70. The van der Waals surface area contributed by atoms with Gasteiger partial charge in [-0.2, -0.15) is 0 Å². The molecule has 2 rings (SSSR count). The van der Waals surface area contributed by atoms with E-state index in [1.54, 1.807) is 4.90 Å². The van der Waals surface area contributed by atoms with E-state index in [4.69, 9.17) is 5.11 Å². The molecular formula is C11H17NO3. The molecule has 84 valence electrons. The molecule has 0 atom stereocenters. The van der Waals surface area contributed by atoms with Crippen molar-refractivity contribution in [2.24, 2.45) is 11.8 Å². The van der Waals surface area contributed by atoms with E-state index < -0.39 is 5.97 Å². The first-order chi connectivity index (χ1) is 7.16. The van der Waals surface area contributed by atoms with Crippen molar-refractivity contribution in [3.8, 4) is 0 Å². The van der Waals surface area contributed by atoms with Gasteiger partial charge in [0.2, 0.25) is 5.91 Å². The van der Waals surface area contributed by atoms with Crippen LogP contribution in [0.25, 0.3) is 0 Å². The molecule has 0 bridgehead atoms. The molecule has 2 aliphatic carbocycles. The van der Waals surface area contributed by atoms with E-state index >= 15 is 0 Å². The Morgan fingerprint density at radius 3 is 2.27 bits per heavy atom. The number of amides is 1. The molecule has 0 radical (unpaired) electrons. The predicted octanol–water partition coefficient (Wildman–Crippen LogP) is 1.11. The summed E-state index contributed by atoms with van der Waals surface area (Å²) in [5.41, 5.74) is 0. The molecule has 0 aliphatic heterocycles. The normalized spacial score (nSPS) is 20.8. The van der Waals surface area contributed by atoms with Gasteiger partial charge >= 0.3 is 5.97 Å². The highest BCUT2D eigenvalue weighted by molar-refractivity contribution is 5.83. The number of aliphatic carboxylic acids is 1. The topological polar surface area (TPSA) is 57.6 Å². The largest absolute Gasteiger partial charge is 0.480 e. The van der Waals surface area contributed by atoms with Gasteiger partial charge in [-0.3, -0.25) is 9.59 Å². The fourth-order valence-corrected chi connectivity index (χ4v) is 1.92. The number of nitrogens with zero attached hydrogens (tertiary/aromatic N) is 1. The smallest absolute Gasteiger partial charge is 0.323 e. The Bertz CT molecular complexity index is 269. The highest BCUT2D eigenvalue weighted by Gasteiger charge is 2.33. The number of carboxylic acid groups (broad SMARTS) is 1. The highest BCUT2D eigenvalue weighted by atomic mass is 16.4. The minimum Gasteiger partial charge on any atom is -0.480 e. The molecule has 0 saturated heterocycles. The number of hydrogen-bond donors (Lipinski definition) is 1. The molecular weight excluding hydrogens is 194 g/mol. The van der Waals surface area contributed by atoms with E-state index in [2.05, 4.69) is 0 Å². The average Bonchev–Trinajstić information content (AvgIpc) is 2.82. The van der Waals surface area contributed by atoms with Gasteiger partial charge in [0.15, 0.2) is 0 Å². The Hall–Kier alpha value is -1.06. The predicted molar refractivity (Wildman–Crippen MR) is 54.3 cm³/mol. The van der Waals surface area contributed by atoms with Gasteiger partial charge in [-0.05, 0) is 31.6 Å². The summed E-state index contributed by atoms with van der Waals surface area (Å²) >= 11 is 0. The third-order valence-corrected chi connectivity index (χ3v) is 3.27. The van der Waals surface area contributed by atoms with Crippen LogP contribution in [0.1, 0.15) is 32.1 Å². The van der Waals surface area contributed by atoms with Crippen LogP contribution in [0.2, 0.25) is 0 Å². The van der Waals surface area contributed by atoms with Gasteiger partial charge in [-0.25, -0.2) is 0 Å². The van der Waals surface area contributed by atoms with E-state index in [-0.39, 0.29) is 18.4 Å². The molecule has 2 saturated carbocycles. The van der Waals surface area contributed by atoms with Crippen molar-refractivity contribution in [2.45, 2.75) is 32.1 Å². The molecule has 1 amide bonds. The summed E-state index contributed by atoms with van der Waals surface area (Å²) in [5.74, 6) is -0.157. The van der Waals surface area contributed by atoms with Crippen molar-refractivity contribution >= 4 is 11.9 Å². The van der Waals surface area contributed by atoms with Crippen molar-refractivity contribution in [2.75, 3.05) is 13.1 Å². The Balaban J connectivity index is 1.89. The quantitative estimate of drug-likeness (QED) is 0.741. The van der Waals surface area contributed by atoms with Crippen LogP contribution < -0.4 is 0 Å². The zero-order valence-corrected chi connectivity index (χ0v) is 8.82. The van der Waals surface area contributed by atoms with Crippen molar-refractivity contribution in [1.29, 1.82) is 0 Å². The summed E-state index contributed by atoms with van der Waals surface area (Å²) in [7, 11) is 0. The summed E-state index contributed by atoms with van der Waals surface area (Å²) in [4.78, 5) is 24.1. The summed E-state index contributed by atoms with van der Waals surface area (Å²) in [6.07, 6.45) is 5.29. The van der Waals surface area contributed by atoms with Gasteiger partial charge in [0.1, 0.15) is 6.54 Å². The monoisotopic (exact) mass is 211 g/mol. The maximum absolute atomic E-state index is 11.9. The lowest BCUT2D eigenvalue weighted by atomic mass is 9.84. The molecule has 0 aromatic heterocycles. The van der Waals surface area contributed by atoms with E-state index in [1.807, 2.05) is 0 Å². The summed E-state index contributed by atoms with van der Waals surface area (Å²) < 4.78 is 0. The van der Waals surface area contributed by atoms with Gasteiger partial charge in [-0.15, -0.1) is 0 Å². The highest BCUT2D eigenvalue weighted by Crippen LogP contribution is 2.32. The zero-order chi connectivity index (χ0) is 10.8.